The highest BCUT2D eigenvalue weighted by Crippen LogP contribution is 2.24. The number of nitrogens with zero attached hydrogens (tertiary/aromatic N) is 2. The molecule has 5 nitrogen and oxygen atoms in total. The van der Waals surface area contributed by atoms with Gasteiger partial charge in [0.2, 0.25) is 0 Å². The number of carbonyl (C=O) groups excluding carboxylic acids is 1. The van der Waals surface area contributed by atoms with Crippen molar-refractivity contribution < 1.29 is 13.9 Å². The Kier molecular flexibility index (Phi) is 6.04. The van der Waals surface area contributed by atoms with Crippen LogP contribution in [0.5, 0.6) is 0 Å². The first-order valence-electron chi connectivity index (χ1n) is 8.88. The van der Waals surface area contributed by atoms with Gasteiger partial charge in [0.05, 0.1) is 12.7 Å². The van der Waals surface area contributed by atoms with Gasteiger partial charge < -0.3 is 15.0 Å². The third kappa shape index (κ3) is 4.80. The van der Waals surface area contributed by atoms with E-state index in [9.17, 15) is 9.18 Å². The van der Waals surface area contributed by atoms with Gasteiger partial charge in [-0.1, -0.05) is 18.2 Å². The van der Waals surface area contributed by atoms with Crippen molar-refractivity contribution in [1.82, 2.24) is 15.1 Å². The van der Waals surface area contributed by atoms with Crippen LogP contribution in [0.15, 0.2) is 36.9 Å². The molecule has 136 valence electrons. The van der Waals surface area contributed by atoms with Gasteiger partial charge in [-0.3, -0.25) is 4.90 Å². The molecule has 2 aliphatic rings. The first-order valence-corrected chi connectivity index (χ1v) is 8.88. The van der Waals surface area contributed by atoms with Gasteiger partial charge in [0.25, 0.3) is 0 Å². The molecule has 1 aromatic carbocycles. The van der Waals surface area contributed by atoms with Gasteiger partial charge in [0.15, 0.2) is 0 Å². The molecule has 0 spiro atoms. The van der Waals surface area contributed by atoms with Gasteiger partial charge in [0.1, 0.15) is 5.82 Å². The molecule has 0 unspecified atom stereocenters. The molecule has 2 saturated heterocycles. The summed E-state index contributed by atoms with van der Waals surface area (Å²) in [5.74, 6) is 0.165. The minimum Gasteiger partial charge on any atom is -0.375 e. The Hall–Kier alpha value is -1.92. The van der Waals surface area contributed by atoms with Crippen molar-refractivity contribution in [2.75, 3.05) is 39.3 Å². The number of fused-ring (bicyclic) bond motifs is 1. The highest BCUT2D eigenvalue weighted by molar-refractivity contribution is 5.74. The number of nitrogens with one attached hydrogen (secondary N) is 1. The number of hydrogen-bond donors (Lipinski definition) is 1. The first kappa shape index (κ1) is 17.9. The molecule has 0 aromatic heterocycles. The summed E-state index contributed by atoms with van der Waals surface area (Å²) in [6.07, 6.45) is 2.95. The molecule has 0 bridgehead atoms. The van der Waals surface area contributed by atoms with Crippen molar-refractivity contribution in [2.45, 2.75) is 19.1 Å². The Morgan fingerprint density at radius 1 is 1.40 bits per heavy atom. The summed E-state index contributed by atoms with van der Waals surface area (Å²) in [6, 6.07) is 6.18. The third-order valence-corrected chi connectivity index (χ3v) is 4.94. The number of ether oxygens (including phenoxy) is 1. The molecule has 6 heteroatoms. The second-order valence-electron chi connectivity index (χ2n) is 6.74. The van der Waals surface area contributed by atoms with E-state index in [0.717, 1.165) is 38.2 Å². The Morgan fingerprint density at radius 3 is 3.08 bits per heavy atom. The summed E-state index contributed by atoms with van der Waals surface area (Å²) in [5, 5.41) is 2.88. The minimum atomic E-state index is -0.288. The summed E-state index contributed by atoms with van der Waals surface area (Å²) >= 11 is 0. The van der Waals surface area contributed by atoms with Gasteiger partial charge in [-0.05, 0) is 24.1 Å². The second kappa shape index (κ2) is 8.45. The average molecular weight is 347 g/mol. The lowest BCUT2D eigenvalue weighted by molar-refractivity contribution is -0.0111. The first-order chi connectivity index (χ1) is 12.2. The standard InChI is InChI=1S/C19H26FN3O2/c1-2-7-22-9-10-25-18-14-23(8-6-16(18)13-22)19(24)21-12-15-4-3-5-17(20)11-15/h2-5,11,16,18H,1,6-10,12-14H2,(H,21,24)/t16-,18-/m1/s1. The Balaban J connectivity index is 1.51. The van der Waals surface area contributed by atoms with Gasteiger partial charge in [0, 0.05) is 45.2 Å². The van der Waals surface area contributed by atoms with Crippen molar-refractivity contribution in [3.63, 3.8) is 0 Å². The van der Waals surface area contributed by atoms with Crippen molar-refractivity contribution in [2.24, 2.45) is 5.92 Å². The number of benzene rings is 1. The molecule has 2 aliphatic heterocycles. The van der Waals surface area contributed by atoms with Crippen LogP contribution >= 0.6 is 0 Å². The van der Waals surface area contributed by atoms with Crippen LogP contribution in [-0.4, -0.2) is 61.3 Å². The maximum Gasteiger partial charge on any atom is 0.317 e. The molecule has 0 aliphatic carbocycles. The highest BCUT2D eigenvalue weighted by atomic mass is 19.1. The smallest absolute Gasteiger partial charge is 0.317 e. The van der Waals surface area contributed by atoms with E-state index >= 15 is 0 Å². The van der Waals surface area contributed by atoms with Gasteiger partial charge in [-0.25, -0.2) is 9.18 Å². The summed E-state index contributed by atoms with van der Waals surface area (Å²) in [7, 11) is 0. The number of carbonyl (C=O) groups is 1. The van der Waals surface area contributed by atoms with Crippen LogP contribution in [0, 0.1) is 11.7 Å². The summed E-state index contributed by atoms with van der Waals surface area (Å²) in [5.41, 5.74) is 0.758. The number of piperidine rings is 1. The van der Waals surface area contributed by atoms with Gasteiger partial charge in [-0.15, -0.1) is 6.58 Å². The lowest BCUT2D eigenvalue weighted by Crippen LogP contribution is -2.51. The maximum absolute atomic E-state index is 13.2. The monoisotopic (exact) mass is 347 g/mol. The Morgan fingerprint density at radius 2 is 2.28 bits per heavy atom. The number of amides is 2. The third-order valence-electron chi connectivity index (χ3n) is 4.94. The molecule has 3 rings (SSSR count). The molecule has 2 atom stereocenters. The molecule has 2 heterocycles. The van der Waals surface area contributed by atoms with E-state index in [1.165, 1.54) is 12.1 Å². The van der Waals surface area contributed by atoms with Crippen molar-refractivity contribution >= 4 is 6.03 Å². The van der Waals surface area contributed by atoms with Crippen LogP contribution in [0.1, 0.15) is 12.0 Å². The Bertz CT molecular complexity index is 610. The topological polar surface area (TPSA) is 44.8 Å². The number of rotatable bonds is 4. The predicted octanol–water partition coefficient (Wildman–Crippen LogP) is 2.24. The molecule has 25 heavy (non-hydrogen) atoms. The normalized spacial score (nSPS) is 24.3. The number of likely N-dealkylation sites (tertiary alicyclic amines) is 1. The van der Waals surface area contributed by atoms with Crippen molar-refractivity contribution in [3.05, 3.63) is 48.3 Å². The van der Waals surface area contributed by atoms with E-state index in [1.54, 1.807) is 12.1 Å². The summed E-state index contributed by atoms with van der Waals surface area (Å²) < 4.78 is 19.2. The second-order valence-corrected chi connectivity index (χ2v) is 6.74. The van der Waals surface area contributed by atoms with E-state index in [4.69, 9.17) is 4.74 Å². The largest absolute Gasteiger partial charge is 0.375 e. The van der Waals surface area contributed by atoms with E-state index in [-0.39, 0.29) is 18.0 Å². The van der Waals surface area contributed by atoms with Crippen LogP contribution in [0.2, 0.25) is 0 Å². The zero-order valence-corrected chi connectivity index (χ0v) is 14.5. The number of halogens is 1. The van der Waals surface area contributed by atoms with Crippen LogP contribution in [0.25, 0.3) is 0 Å². The fourth-order valence-corrected chi connectivity index (χ4v) is 3.59. The molecular formula is C19H26FN3O2. The van der Waals surface area contributed by atoms with Gasteiger partial charge >= 0.3 is 6.03 Å². The summed E-state index contributed by atoms with van der Waals surface area (Å²) in [6.45, 7) is 8.94. The Labute approximate surface area is 148 Å². The lowest BCUT2D eigenvalue weighted by atomic mass is 9.93. The molecular weight excluding hydrogens is 321 g/mol. The molecule has 2 fully saturated rings. The fraction of sp³-hybridized carbons (Fsp3) is 0.526. The van der Waals surface area contributed by atoms with Crippen LogP contribution in [0.4, 0.5) is 9.18 Å². The van der Waals surface area contributed by atoms with E-state index in [0.29, 0.717) is 25.6 Å². The predicted molar refractivity (Wildman–Crippen MR) is 94.7 cm³/mol. The van der Waals surface area contributed by atoms with E-state index in [1.807, 2.05) is 11.0 Å². The zero-order chi connectivity index (χ0) is 17.6. The van der Waals surface area contributed by atoms with Crippen LogP contribution < -0.4 is 5.32 Å². The zero-order valence-electron chi connectivity index (χ0n) is 14.5. The molecule has 1 N–H and O–H groups in total. The fourth-order valence-electron chi connectivity index (χ4n) is 3.59. The number of urea groups is 1. The SMILES string of the molecule is C=CCN1CCO[C@@H]2CN(C(=O)NCc3cccc(F)c3)CC[C@@H]2C1. The molecule has 0 radical (unpaired) electrons. The van der Waals surface area contributed by atoms with Crippen LogP contribution in [0.3, 0.4) is 0 Å². The quantitative estimate of drug-likeness (QED) is 0.850. The lowest BCUT2D eigenvalue weighted by Gasteiger charge is -2.37. The van der Waals surface area contributed by atoms with Crippen LogP contribution in [-0.2, 0) is 11.3 Å². The van der Waals surface area contributed by atoms with E-state index in [2.05, 4.69) is 16.8 Å². The molecule has 0 saturated carbocycles. The molecule has 1 aromatic rings. The number of hydrogen-bond acceptors (Lipinski definition) is 3. The van der Waals surface area contributed by atoms with Gasteiger partial charge in [-0.2, -0.15) is 0 Å². The minimum absolute atomic E-state index is 0.0866. The summed E-state index contributed by atoms with van der Waals surface area (Å²) in [4.78, 5) is 16.6. The maximum atomic E-state index is 13.2. The van der Waals surface area contributed by atoms with Crippen molar-refractivity contribution in [1.29, 1.82) is 0 Å². The molecule has 2 amide bonds. The van der Waals surface area contributed by atoms with E-state index < -0.39 is 0 Å². The average Bonchev–Trinajstić information content (AvgIpc) is 2.81. The highest BCUT2D eigenvalue weighted by Gasteiger charge is 2.34. The van der Waals surface area contributed by atoms with Crippen molar-refractivity contribution in [3.8, 4) is 0 Å².